The van der Waals surface area contributed by atoms with Gasteiger partial charge in [0, 0.05) is 13.0 Å². The van der Waals surface area contributed by atoms with Crippen LogP contribution in [-0.2, 0) is 14.3 Å². The number of allylic oxidation sites excluding steroid dienone is 3. The van der Waals surface area contributed by atoms with Crippen molar-refractivity contribution < 1.29 is 14.3 Å². The van der Waals surface area contributed by atoms with Crippen molar-refractivity contribution in [2.75, 3.05) is 19.6 Å². The summed E-state index contributed by atoms with van der Waals surface area (Å²) < 4.78 is 5.99. The second kappa shape index (κ2) is 8.98. The average molecular weight is 454 g/mol. The van der Waals surface area contributed by atoms with Crippen LogP contribution in [0.1, 0.15) is 91.4 Å². The van der Waals surface area contributed by atoms with E-state index in [0.717, 1.165) is 63.7 Å². The lowest BCUT2D eigenvalue weighted by Crippen LogP contribution is -2.50. The highest BCUT2D eigenvalue weighted by Gasteiger charge is 2.57. The van der Waals surface area contributed by atoms with Crippen LogP contribution in [0, 0.1) is 28.6 Å². The van der Waals surface area contributed by atoms with Crippen LogP contribution >= 0.6 is 0 Å². The van der Waals surface area contributed by atoms with E-state index in [0.29, 0.717) is 24.2 Å². The molecule has 0 spiro atoms. The quantitative estimate of drug-likeness (QED) is 0.386. The van der Waals surface area contributed by atoms with Gasteiger partial charge in [0.05, 0.1) is 6.42 Å². The molecule has 0 aromatic rings. The fourth-order valence-corrected chi connectivity index (χ4v) is 8.52. The number of Topliss-reactive ketones (excluding diaryl/α,β-unsaturated/α-hetero) is 1. The number of ketones is 1. The van der Waals surface area contributed by atoms with Crippen molar-refractivity contribution in [2.45, 2.75) is 97.5 Å². The van der Waals surface area contributed by atoms with E-state index in [9.17, 15) is 9.59 Å². The summed E-state index contributed by atoms with van der Waals surface area (Å²) in [7, 11) is 0. The Labute approximate surface area is 200 Å². The number of rotatable bonds is 5. The first kappa shape index (κ1) is 23.3. The van der Waals surface area contributed by atoms with E-state index in [1.807, 2.05) is 0 Å². The molecule has 2 saturated carbocycles. The van der Waals surface area contributed by atoms with Gasteiger partial charge in [-0.2, -0.15) is 0 Å². The molecule has 4 aliphatic carbocycles. The summed E-state index contributed by atoms with van der Waals surface area (Å²) in [5.41, 5.74) is 2.96. The third-order valence-electron chi connectivity index (χ3n) is 10.4. The Hall–Kier alpha value is -1.42. The third kappa shape index (κ3) is 4.15. The van der Waals surface area contributed by atoms with Gasteiger partial charge in [0.25, 0.3) is 0 Å². The average Bonchev–Trinajstić information content (AvgIpc) is 3.16. The molecule has 0 aromatic heterocycles. The van der Waals surface area contributed by atoms with E-state index in [4.69, 9.17) is 4.74 Å². The predicted molar refractivity (Wildman–Crippen MR) is 131 cm³/mol. The van der Waals surface area contributed by atoms with Crippen molar-refractivity contribution in [1.82, 2.24) is 4.90 Å². The van der Waals surface area contributed by atoms with E-state index in [-0.39, 0.29) is 28.7 Å². The van der Waals surface area contributed by atoms with Gasteiger partial charge < -0.3 is 9.64 Å². The minimum Gasteiger partial charge on any atom is -0.462 e. The number of ether oxygens (including phenoxy) is 1. The number of likely N-dealkylation sites (tertiary alicyclic amines) is 1. The Kier molecular flexibility index (Phi) is 6.35. The molecule has 3 fully saturated rings. The minimum absolute atomic E-state index is 0.00862. The van der Waals surface area contributed by atoms with Crippen molar-refractivity contribution in [3.63, 3.8) is 0 Å². The lowest BCUT2D eigenvalue weighted by atomic mass is 9.47. The molecule has 0 unspecified atom stereocenters. The summed E-state index contributed by atoms with van der Waals surface area (Å²) in [5.74, 6) is 2.25. The molecule has 5 aliphatic rings. The van der Waals surface area contributed by atoms with E-state index >= 15 is 0 Å². The van der Waals surface area contributed by atoms with Gasteiger partial charge in [0.1, 0.15) is 6.10 Å². The zero-order valence-electron chi connectivity index (χ0n) is 21.0. The smallest absolute Gasteiger partial charge is 0.307 e. The second-order valence-electron chi connectivity index (χ2n) is 12.1. The monoisotopic (exact) mass is 453 g/mol. The van der Waals surface area contributed by atoms with Gasteiger partial charge in [-0.25, -0.2) is 0 Å². The molecular weight excluding hydrogens is 410 g/mol. The van der Waals surface area contributed by atoms with E-state index < -0.39 is 0 Å². The zero-order chi connectivity index (χ0) is 23.2. The van der Waals surface area contributed by atoms with Gasteiger partial charge in [-0.05, 0) is 106 Å². The molecule has 0 bridgehead atoms. The summed E-state index contributed by atoms with van der Waals surface area (Å²) in [5, 5.41) is 0. The Balaban J connectivity index is 1.21. The van der Waals surface area contributed by atoms with Crippen molar-refractivity contribution in [2.24, 2.45) is 28.6 Å². The van der Waals surface area contributed by atoms with Crippen molar-refractivity contribution in [3.8, 4) is 0 Å². The van der Waals surface area contributed by atoms with Crippen molar-refractivity contribution >= 4 is 11.8 Å². The maximum atomic E-state index is 12.6. The molecule has 6 atom stereocenters. The minimum atomic E-state index is -0.00862. The molecular formula is C29H43NO3. The Morgan fingerprint density at radius 2 is 1.76 bits per heavy atom. The first-order chi connectivity index (χ1) is 15.8. The lowest BCUT2D eigenvalue weighted by molar-refractivity contribution is -0.151. The topological polar surface area (TPSA) is 46.6 Å². The number of hydrogen-bond acceptors (Lipinski definition) is 4. The fourth-order valence-electron chi connectivity index (χ4n) is 8.52. The fraction of sp³-hybridized carbons (Fsp3) is 0.793. The lowest BCUT2D eigenvalue weighted by Gasteiger charge is -2.57. The summed E-state index contributed by atoms with van der Waals surface area (Å²) >= 11 is 0. The van der Waals surface area contributed by atoms with Crippen LogP contribution < -0.4 is 0 Å². The number of hydrogen-bond donors (Lipinski definition) is 0. The van der Waals surface area contributed by atoms with Crippen LogP contribution in [0.2, 0.25) is 0 Å². The number of fused-ring (bicyclic) bond motifs is 5. The normalized spacial score (nSPS) is 40.7. The molecule has 0 radical (unpaired) electrons. The van der Waals surface area contributed by atoms with Gasteiger partial charge in [-0.1, -0.05) is 38.0 Å². The standard InChI is InChI=1S/C29H43NO3/c1-20(31)24-9-10-25-23-8-7-21-19-22(33-27(32)13-18-30-16-5-4-6-17-30)11-14-28(21,2)26(23)12-15-29(24,25)3/h7,9,22-23,25-26H,4-6,8,10-19H2,1-3H3/t22-,23+,25+,26+,28+,29-/m1/s1. The highest BCUT2D eigenvalue weighted by Crippen LogP contribution is 2.65. The Bertz CT molecular complexity index is 853. The first-order valence-electron chi connectivity index (χ1n) is 13.6. The van der Waals surface area contributed by atoms with E-state index in [1.54, 1.807) is 12.5 Å². The number of esters is 1. The van der Waals surface area contributed by atoms with Gasteiger partial charge >= 0.3 is 5.97 Å². The van der Waals surface area contributed by atoms with Crippen LogP contribution in [0.15, 0.2) is 23.3 Å². The van der Waals surface area contributed by atoms with Gasteiger partial charge in [0.15, 0.2) is 5.78 Å². The predicted octanol–water partition coefficient (Wildman–Crippen LogP) is 5.86. The first-order valence-corrected chi connectivity index (χ1v) is 13.6. The highest BCUT2D eigenvalue weighted by atomic mass is 16.5. The summed E-state index contributed by atoms with van der Waals surface area (Å²) in [6.45, 7) is 9.71. The molecule has 1 heterocycles. The molecule has 1 saturated heterocycles. The van der Waals surface area contributed by atoms with Crippen molar-refractivity contribution in [3.05, 3.63) is 23.3 Å². The molecule has 33 heavy (non-hydrogen) atoms. The maximum absolute atomic E-state index is 12.6. The molecule has 0 aromatic carbocycles. The van der Waals surface area contributed by atoms with Gasteiger partial charge in [-0.15, -0.1) is 0 Å². The highest BCUT2D eigenvalue weighted by molar-refractivity contribution is 5.95. The number of piperidine rings is 1. The van der Waals surface area contributed by atoms with Crippen molar-refractivity contribution in [1.29, 1.82) is 0 Å². The number of carbonyl (C=O) groups is 2. The molecule has 5 rings (SSSR count). The molecule has 4 nitrogen and oxygen atoms in total. The molecule has 0 amide bonds. The second-order valence-corrected chi connectivity index (χ2v) is 12.1. The largest absolute Gasteiger partial charge is 0.462 e. The SMILES string of the molecule is CC(=O)C1=CC[C@H]2[C@@H]3CC=C4C[C@H](OC(=O)CCN5CCCCC5)CC[C@]4(C)[C@H]3CC[C@]12C. The third-order valence-corrected chi connectivity index (χ3v) is 10.4. The maximum Gasteiger partial charge on any atom is 0.307 e. The Morgan fingerprint density at radius 1 is 1.00 bits per heavy atom. The zero-order valence-corrected chi connectivity index (χ0v) is 21.0. The van der Waals surface area contributed by atoms with Crippen LogP contribution in [0.25, 0.3) is 0 Å². The van der Waals surface area contributed by atoms with E-state index in [1.165, 1.54) is 25.7 Å². The van der Waals surface area contributed by atoms with Gasteiger partial charge in [0.2, 0.25) is 0 Å². The molecule has 4 heteroatoms. The summed E-state index contributed by atoms with van der Waals surface area (Å²) in [6, 6.07) is 0. The van der Waals surface area contributed by atoms with E-state index in [2.05, 4.69) is 30.9 Å². The number of nitrogens with zero attached hydrogens (tertiary/aromatic N) is 1. The molecule has 0 N–H and O–H groups in total. The number of carbonyl (C=O) groups excluding carboxylic acids is 2. The van der Waals surface area contributed by atoms with Gasteiger partial charge in [-0.3, -0.25) is 9.59 Å². The Morgan fingerprint density at radius 3 is 2.52 bits per heavy atom. The molecule has 1 aliphatic heterocycles. The van der Waals surface area contributed by atoms with Crippen LogP contribution in [0.3, 0.4) is 0 Å². The van der Waals surface area contributed by atoms with Crippen LogP contribution in [0.4, 0.5) is 0 Å². The summed E-state index contributed by atoms with van der Waals surface area (Å²) in [4.78, 5) is 27.3. The summed E-state index contributed by atoms with van der Waals surface area (Å²) in [6.07, 6.45) is 16.8. The molecule has 182 valence electrons. The van der Waals surface area contributed by atoms with Crippen LogP contribution in [0.5, 0.6) is 0 Å². The van der Waals surface area contributed by atoms with Crippen LogP contribution in [-0.4, -0.2) is 42.4 Å².